The standard InChI is InChI=1S/C7H13N3/c1-9-10(2)7-5-3-4-6-8/h3-9H,1-2H3/b4-3-,7-5+,8-6?. The van der Waals surface area contributed by atoms with Gasteiger partial charge in [0.05, 0.1) is 0 Å². The molecule has 2 N–H and O–H groups in total. The molecule has 0 bridgehead atoms. The highest BCUT2D eigenvalue weighted by Crippen LogP contribution is 1.77. The molecule has 0 aromatic carbocycles. The summed E-state index contributed by atoms with van der Waals surface area (Å²) >= 11 is 0. The fourth-order valence-corrected chi connectivity index (χ4v) is 0.373. The molecule has 3 nitrogen and oxygen atoms in total. The molecule has 0 aliphatic carbocycles. The van der Waals surface area contributed by atoms with Crippen molar-refractivity contribution in [1.82, 2.24) is 10.4 Å². The molecule has 0 aliphatic heterocycles. The topological polar surface area (TPSA) is 39.1 Å². The molecule has 3 heteroatoms. The van der Waals surface area contributed by atoms with E-state index in [9.17, 15) is 0 Å². The van der Waals surface area contributed by atoms with E-state index < -0.39 is 0 Å². The first-order chi connectivity index (χ1) is 4.81. The zero-order valence-corrected chi connectivity index (χ0v) is 6.33. The molecule has 0 heterocycles. The van der Waals surface area contributed by atoms with Crippen molar-refractivity contribution in [3.63, 3.8) is 0 Å². The van der Waals surface area contributed by atoms with Gasteiger partial charge in [-0.05, 0) is 12.2 Å². The van der Waals surface area contributed by atoms with Gasteiger partial charge in [0.15, 0.2) is 0 Å². The molecule has 0 rings (SSSR count). The fourth-order valence-electron chi connectivity index (χ4n) is 0.373. The van der Waals surface area contributed by atoms with Crippen molar-refractivity contribution in [1.29, 1.82) is 5.41 Å². The van der Waals surface area contributed by atoms with Crippen molar-refractivity contribution in [2.24, 2.45) is 0 Å². The molecule has 0 spiro atoms. The molecule has 0 unspecified atom stereocenters. The second kappa shape index (κ2) is 6.04. The second-order valence-corrected chi connectivity index (χ2v) is 1.73. The van der Waals surface area contributed by atoms with Gasteiger partial charge in [-0.15, -0.1) is 0 Å². The first kappa shape index (κ1) is 8.91. The van der Waals surface area contributed by atoms with E-state index in [4.69, 9.17) is 5.41 Å². The van der Waals surface area contributed by atoms with E-state index in [0.29, 0.717) is 0 Å². The van der Waals surface area contributed by atoms with Crippen molar-refractivity contribution in [2.45, 2.75) is 0 Å². The summed E-state index contributed by atoms with van der Waals surface area (Å²) in [6, 6.07) is 0. The van der Waals surface area contributed by atoms with Crippen LogP contribution in [0.15, 0.2) is 24.4 Å². The molecule has 10 heavy (non-hydrogen) atoms. The quantitative estimate of drug-likeness (QED) is 0.343. The summed E-state index contributed by atoms with van der Waals surface area (Å²) in [6.07, 6.45) is 8.39. The smallest absolute Gasteiger partial charge is 0.0225 e. The van der Waals surface area contributed by atoms with Crippen LogP contribution in [0.2, 0.25) is 0 Å². The normalized spacial score (nSPS) is 11.0. The monoisotopic (exact) mass is 139 g/mol. The third-order valence-electron chi connectivity index (χ3n) is 0.981. The summed E-state index contributed by atoms with van der Waals surface area (Å²) in [5.41, 5.74) is 2.90. The van der Waals surface area contributed by atoms with Crippen LogP contribution in [-0.2, 0) is 0 Å². The van der Waals surface area contributed by atoms with Gasteiger partial charge < -0.3 is 10.4 Å². The van der Waals surface area contributed by atoms with Crippen molar-refractivity contribution in [3.8, 4) is 0 Å². The van der Waals surface area contributed by atoms with Gasteiger partial charge in [-0.1, -0.05) is 6.08 Å². The highest BCUT2D eigenvalue weighted by Gasteiger charge is 1.76. The lowest BCUT2D eigenvalue weighted by Gasteiger charge is -2.09. The zero-order valence-electron chi connectivity index (χ0n) is 6.33. The van der Waals surface area contributed by atoms with Crippen LogP contribution in [0.4, 0.5) is 0 Å². The van der Waals surface area contributed by atoms with Crippen LogP contribution in [0.25, 0.3) is 0 Å². The van der Waals surface area contributed by atoms with E-state index in [1.54, 1.807) is 12.2 Å². The average molecular weight is 139 g/mol. The number of hydrazine groups is 1. The van der Waals surface area contributed by atoms with E-state index in [-0.39, 0.29) is 0 Å². The Morgan fingerprint density at radius 1 is 1.30 bits per heavy atom. The van der Waals surface area contributed by atoms with Crippen LogP contribution in [-0.4, -0.2) is 25.3 Å². The minimum atomic E-state index is 1.24. The molecule has 0 fully saturated rings. The largest absolute Gasteiger partial charge is 0.319 e. The Bertz CT molecular complexity index is 138. The molecule has 0 aromatic rings. The van der Waals surface area contributed by atoms with E-state index >= 15 is 0 Å². The maximum atomic E-state index is 6.66. The minimum absolute atomic E-state index is 1.24. The fraction of sp³-hybridized carbons (Fsp3) is 0.286. The van der Waals surface area contributed by atoms with E-state index in [2.05, 4.69) is 5.43 Å². The van der Waals surface area contributed by atoms with Gasteiger partial charge in [0.25, 0.3) is 0 Å². The lowest BCUT2D eigenvalue weighted by atomic mass is 10.5. The Kier molecular flexibility index (Phi) is 5.38. The molecular weight excluding hydrogens is 126 g/mol. The lowest BCUT2D eigenvalue weighted by molar-refractivity contribution is 0.365. The van der Waals surface area contributed by atoms with Gasteiger partial charge in [0.2, 0.25) is 0 Å². The number of hydrogen-bond donors (Lipinski definition) is 2. The van der Waals surface area contributed by atoms with Crippen molar-refractivity contribution < 1.29 is 0 Å². The zero-order chi connectivity index (χ0) is 7.82. The highest BCUT2D eigenvalue weighted by molar-refractivity contribution is 5.67. The van der Waals surface area contributed by atoms with Gasteiger partial charge in [0, 0.05) is 26.5 Å². The van der Waals surface area contributed by atoms with Crippen LogP contribution in [0, 0.1) is 5.41 Å². The van der Waals surface area contributed by atoms with Gasteiger partial charge in [-0.3, -0.25) is 0 Å². The Morgan fingerprint density at radius 2 is 2.00 bits per heavy atom. The number of rotatable bonds is 4. The van der Waals surface area contributed by atoms with Crippen molar-refractivity contribution >= 4 is 6.21 Å². The molecule has 0 saturated heterocycles. The highest BCUT2D eigenvalue weighted by atomic mass is 15.5. The molecule has 0 radical (unpaired) electrons. The van der Waals surface area contributed by atoms with Gasteiger partial charge in [0.1, 0.15) is 0 Å². The Balaban J connectivity index is 3.54. The first-order valence-corrected chi connectivity index (χ1v) is 3.05. The minimum Gasteiger partial charge on any atom is -0.319 e. The van der Waals surface area contributed by atoms with Gasteiger partial charge in [-0.2, -0.15) is 0 Å². The maximum absolute atomic E-state index is 6.66. The average Bonchev–Trinajstić information content (AvgIpc) is 1.98. The number of nitrogens with zero attached hydrogens (tertiary/aromatic N) is 1. The van der Waals surface area contributed by atoms with E-state index in [1.807, 2.05) is 31.4 Å². The molecule has 0 atom stereocenters. The summed E-state index contributed by atoms with van der Waals surface area (Å²) in [6.45, 7) is 0. The van der Waals surface area contributed by atoms with Crippen molar-refractivity contribution in [2.75, 3.05) is 14.1 Å². The summed E-state index contributed by atoms with van der Waals surface area (Å²) in [5.74, 6) is 0. The first-order valence-electron chi connectivity index (χ1n) is 3.05. The van der Waals surface area contributed by atoms with Crippen molar-refractivity contribution in [3.05, 3.63) is 24.4 Å². The Morgan fingerprint density at radius 3 is 2.50 bits per heavy atom. The Labute approximate surface area is 61.5 Å². The molecule has 56 valence electrons. The molecule has 0 saturated carbocycles. The predicted molar refractivity (Wildman–Crippen MR) is 43.9 cm³/mol. The van der Waals surface area contributed by atoms with Gasteiger partial charge >= 0.3 is 0 Å². The van der Waals surface area contributed by atoms with Gasteiger partial charge in [-0.25, -0.2) is 5.43 Å². The molecule has 0 aliphatic rings. The third-order valence-corrected chi connectivity index (χ3v) is 0.981. The molecular formula is C7H13N3. The van der Waals surface area contributed by atoms with Crippen LogP contribution >= 0.6 is 0 Å². The SMILES string of the molecule is CNN(C)/C=C/C=C\C=N. The lowest BCUT2D eigenvalue weighted by Crippen LogP contribution is -2.24. The van der Waals surface area contributed by atoms with E-state index in [1.165, 1.54) is 6.21 Å². The summed E-state index contributed by atoms with van der Waals surface area (Å²) < 4.78 is 0. The predicted octanol–water partition coefficient (Wildman–Crippen LogP) is 0.772. The summed E-state index contributed by atoms with van der Waals surface area (Å²) in [4.78, 5) is 0. The molecule has 0 amide bonds. The van der Waals surface area contributed by atoms with Crippen LogP contribution in [0.3, 0.4) is 0 Å². The summed E-state index contributed by atoms with van der Waals surface area (Å²) in [7, 11) is 3.74. The maximum Gasteiger partial charge on any atom is 0.0225 e. The number of allylic oxidation sites excluding steroid dienone is 3. The van der Waals surface area contributed by atoms with Crippen LogP contribution in [0.5, 0.6) is 0 Å². The van der Waals surface area contributed by atoms with Crippen LogP contribution < -0.4 is 5.43 Å². The molecule has 0 aromatic heterocycles. The number of nitrogens with one attached hydrogen (secondary N) is 2. The number of hydrogen-bond acceptors (Lipinski definition) is 3. The summed E-state index contributed by atoms with van der Waals surface area (Å²) in [5, 5.41) is 8.47. The van der Waals surface area contributed by atoms with E-state index in [0.717, 1.165) is 0 Å². The Hall–Kier alpha value is -1.09. The second-order valence-electron chi connectivity index (χ2n) is 1.73. The van der Waals surface area contributed by atoms with Crippen LogP contribution in [0.1, 0.15) is 0 Å². The third kappa shape index (κ3) is 5.05.